The number of nitrogens with one attached hydrogen (secondary N) is 1. The average Bonchev–Trinajstić information content (AvgIpc) is 2.52. The molecule has 3 N–H and O–H groups in total. The highest BCUT2D eigenvalue weighted by atomic mass is 16.4. The van der Waals surface area contributed by atoms with Crippen LogP contribution in [0.15, 0.2) is 52.2 Å². The van der Waals surface area contributed by atoms with E-state index in [2.05, 4.69) is 4.98 Å². The van der Waals surface area contributed by atoms with Gasteiger partial charge < -0.3 is 15.2 Å². The second kappa shape index (κ2) is 6.56. The summed E-state index contributed by atoms with van der Waals surface area (Å²) >= 11 is 0. The lowest BCUT2D eigenvalue weighted by Crippen LogP contribution is -2.37. The van der Waals surface area contributed by atoms with Gasteiger partial charge in [-0.25, -0.2) is 9.59 Å². The Kier molecular flexibility index (Phi) is 4.55. The summed E-state index contributed by atoms with van der Waals surface area (Å²) in [5, 5.41) is 18.2. The van der Waals surface area contributed by atoms with Crippen molar-refractivity contribution < 1.29 is 19.8 Å². The number of rotatable bonds is 5. The van der Waals surface area contributed by atoms with Crippen LogP contribution in [0.3, 0.4) is 0 Å². The summed E-state index contributed by atoms with van der Waals surface area (Å²) in [4.78, 5) is 47.9. The number of H-pyrrole nitrogens is 1. The fourth-order valence-corrected chi connectivity index (χ4v) is 1.87. The molecule has 0 unspecified atom stereocenters. The van der Waals surface area contributed by atoms with Gasteiger partial charge in [-0.1, -0.05) is 30.3 Å². The number of aliphatic carboxylic acids is 1. The van der Waals surface area contributed by atoms with E-state index in [1.165, 1.54) is 0 Å². The Morgan fingerprint density at radius 1 is 1.13 bits per heavy atom. The molecule has 1 aromatic carbocycles. The average molecular weight is 316 g/mol. The minimum Gasteiger partial charge on any atom is -0.507 e. The van der Waals surface area contributed by atoms with Crippen molar-refractivity contribution in [3.05, 3.63) is 74.6 Å². The number of hydrogen-bond donors (Lipinski definition) is 3. The molecule has 0 amide bonds. The molecule has 0 aliphatic carbocycles. The van der Waals surface area contributed by atoms with Crippen LogP contribution in [0.25, 0.3) is 5.76 Å². The Balaban J connectivity index is 2.47. The smallest absolute Gasteiger partial charge is 0.376 e. The topological polar surface area (TPSA) is 129 Å². The van der Waals surface area contributed by atoms with Crippen LogP contribution in [0.2, 0.25) is 0 Å². The number of nitrogens with zero attached hydrogens (tertiary/aromatic N) is 1. The van der Waals surface area contributed by atoms with Gasteiger partial charge in [0.15, 0.2) is 0 Å². The monoisotopic (exact) mass is 316 g/mol. The first-order chi connectivity index (χ1) is 10.9. The number of carboxylic acids is 1. The van der Waals surface area contributed by atoms with E-state index in [1.54, 1.807) is 30.3 Å². The van der Waals surface area contributed by atoms with Crippen LogP contribution in [-0.2, 0) is 16.1 Å². The zero-order valence-electron chi connectivity index (χ0n) is 11.7. The Morgan fingerprint density at radius 2 is 1.78 bits per heavy atom. The van der Waals surface area contributed by atoms with Crippen molar-refractivity contribution in [2.45, 2.75) is 6.54 Å². The van der Waals surface area contributed by atoms with Gasteiger partial charge in [-0.3, -0.25) is 14.2 Å². The fourth-order valence-electron chi connectivity index (χ4n) is 1.87. The normalized spacial score (nSPS) is 11.2. The molecule has 0 aliphatic rings. The van der Waals surface area contributed by atoms with Gasteiger partial charge in [0.1, 0.15) is 5.76 Å². The van der Waals surface area contributed by atoms with E-state index in [0.717, 1.165) is 10.8 Å². The molecule has 1 aromatic heterocycles. The molecule has 8 nitrogen and oxygen atoms in total. The molecule has 2 rings (SSSR count). The van der Waals surface area contributed by atoms with Crippen LogP contribution < -0.4 is 11.2 Å². The maximum Gasteiger partial charge on any atom is 0.376 e. The standard InChI is InChI=1S/C15H12N2O6/c18-11(6-12(19)14(21)22)10-7-16-15(23)17(13(10)20)8-9-4-2-1-3-5-9/h1-7,18H,8H2,(H,16,23)(H,21,22)/b11-6+. The van der Waals surface area contributed by atoms with Gasteiger partial charge in [-0.2, -0.15) is 0 Å². The highest BCUT2D eigenvalue weighted by Gasteiger charge is 2.15. The quantitative estimate of drug-likeness (QED) is 0.409. The summed E-state index contributed by atoms with van der Waals surface area (Å²) in [6.45, 7) is -0.0387. The highest BCUT2D eigenvalue weighted by molar-refractivity contribution is 6.38. The number of aliphatic hydroxyl groups excluding tert-OH is 1. The molecule has 0 atom stereocenters. The minimum absolute atomic E-state index is 0.0387. The number of carbonyl (C=O) groups is 2. The molecule has 0 radical (unpaired) electrons. The largest absolute Gasteiger partial charge is 0.507 e. The summed E-state index contributed by atoms with van der Waals surface area (Å²) in [7, 11) is 0. The summed E-state index contributed by atoms with van der Waals surface area (Å²) in [5.74, 6) is -3.99. The van der Waals surface area contributed by atoms with Gasteiger partial charge in [0.2, 0.25) is 0 Å². The second-order valence-corrected chi connectivity index (χ2v) is 4.58. The van der Waals surface area contributed by atoms with Crippen molar-refractivity contribution in [2.75, 3.05) is 0 Å². The Hall–Kier alpha value is -3.42. The first-order valence-electron chi connectivity index (χ1n) is 6.45. The van der Waals surface area contributed by atoms with Crippen molar-refractivity contribution in [3.8, 4) is 0 Å². The predicted octanol–water partition coefficient (Wildman–Crippen LogP) is 0.137. The third-order valence-corrected chi connectivity index (χ3v) is 3.00. The lowest BCUT2D eigenvalue weighted by atomic mass is 10.2. The van der Waals surface area contributed by atoms with Gasteiger partial charge in [-0.05, 0) is 5.56 Å². The van der Waals surface area contributed by atoms with Crippen LogP contribution in [0.1, 0.15) is 11.1 Å². The van der Waals surface area contributed by atoms with Gasteiger partial charge in [0, 0.05) is 12.3 Å². The van der Waals surface area contributed by atoms with E-state index >= 15 is 0 Å². The third-order valence-electron chi connectivity index (χ3n) is 3.00. The van der Waals surface area contributed by atoms with Crippen molar-refractivity contribution in [2.24, 2.45) is 0 Å². The molecule has 0 saturated heterocycles. The van der Waals surface area contributed by atoms with Crippen molar-refractivity contribution in [3.63, 3.8) is 0 Å². The number of aromatic nitrogens is 2. The van der Waals surface area contributed by atoms with Gasteiger partial charge >= 0.3 is 11.7 Å². The summed E-state index contributed by atoms with van der Waals surface area (Å²) in [6.07, 6.45) is 1.33. The number of carboxylic acid groups (broad SMARTS) is 1. The van der Waals surface area contributed by atoms with E-state index in [-0.39, 0.29) is 12.1 Å². The SMILES string of the molecule is O=C(O)C(=O)/C=C(/O)c1c[nH]c(=O)n(Cc2ccccc2)c1=O. The van der Waals surface area contributed by atoms with Gasteiger partial charge in [-0.15, -0.1) is 0 Å². The van der Waals surface area contributed by atoms with Gasteiger partial charge in [0.05, 0.1) is 12.1 Å². The molecule has 2 aromatic rings. The zero-order valence-corrected chi connectivity index (χ0v) is 11.7. The lowest BCUT2D eigenvalue weighted by Gasteiger charge is -2.06. The molecule has 0 spiro atoms. The molecular weight excluding hydrogens is 304 g/mol. The number of hydrogen-bond acceptors (Lipinski definition) is 5. The van der Waals surface area contributed by atoms with Crippen LogP contribution in [0.5, 0.6) is 0 Å². The number of aliphatic hydroxyl groups is 1. The molecule has 8 heteroatoms. The third kappa shape index (κ3) is 3.62. The van der Waals surface area contributed by atoms with E-state index in [4.69, 9.17) is 5.11 Å². The molecule has 0 bridgehead atoms. The van der Waals surface area contributed by atoms with Crippen LogP contribution >= 0.6 is 0 Å². The summed E-state index contributed by atoms with van der Waals surface area (Å²) < 4.78 is 0.833. The van der Waals surface area contributed by atoms with Crippen molar-refractivity contribution in [1.82, 2.24) is 9.55 Å². The molecule has 1 heterocycles. The maximum absolute atomic E-state index is 12.3. The molecule has 23 heavy (non-hydrogen) atoms. The van der Waals surface area contributed by atoms with E-state index in [0.29, 0.717) is 11.6 Å². The van der Waals surface area contributed by atoms with E-state index < -0.39 is 28.8 Å². The first-order valence-corrected chi connectivity index (χ1v) is 6.45. The summed E-state index contributed by atoms with van der Waals surface area (Å²) in [5.41, 5.74) is -1.23. The number of ketones is 1. The van der Waals surface area contributed by atoms with E-state index in [9.17, 15) is 24.3 Å². The second-order valence-electron chi connectivity index (χ2n) is 4.58. The highest BCUT2D eigenvalue weighted by Crippen LogP contribution is 2.05. The van der Waals surface area contributed by atoms with Gasteiger partial charge in [0.25, 0.3) is 11.3 Å². The first kappa shape index (κ1) is 16.0. The Morgan fingerprint density at radius 3 is 2.39 bits per heavy atom. The van der Waals surface area contributed by atoms with Crippen LogP contribution in [-0.4, -0.2) is 31.5 Å². The summed E-state index contributed by atoms with van der Waals surface area (Å²) in [6, 6.07) is 8.67. The number of aromatic amines is 1. The molecule has 0 saturated carbocycles. The van der Waals surface area contributed by atoms with E-state index in [1.807, 2.05) is 0 Å². The van der Waals surface area contributed by atoms with Crippen molar-refractivity contribution in [1.29, 1.82) is 0 Å². The predicted molar refractivity (Wildman–Crippen MR) is 80.1 cm³/mol. The Labute approximate surface area is 129 Å². The number of carbonyl (C=O) groups excluding carboxylic acids is 1. The molecule has 0 aliphatic heterocycles. The fraction of sp³-hybridized carbons (Fsp3) is 0.0667. The van der Waals surface area contributed by atoms with Crippen LogP contribution in [0.4, 0.5) is 0 Å². The molecule has 0 fully saturated rings. The lowest BCUT2D eigenvalue weighted by molar-refractivity contribution is -0.146. The Bertz CT molecular complexity index is 892. The maximum atomic E-state index is 12.3. The minimum atomic E-state index is -1.77. The molecular formula is C15H12N2O6. The van der Waals surface area contributed by atoms with Crippen LogP contribution in [0, 0.1) is 0 Å². The number of benzene rings is 1. The van der Waals surface area contributed by atoms with Crippen molar-refractivity contribution >= 4 is 17.5 Å². The zero-order chi connectivity index (χ0) is 17.0. The molecule has 118 valence electrons.